The molecule has 4 aromatic rings. The number of sulfone groups is 1. The van der Waals surface area contributed by atoms with Gasteiger partial charge in [0.05, 0.1) is 15.3 Å². The molecule has 0 aliphatic carbocycles. The molecule has 2 aliphatic rings. The van der Waals surface area contributed by atoms with Crippen LogP contribution in [0.1, 0.15) is 12.0 Å². The van der Waals surface area contributed by atoms with Gasteiger partial charge < -0.3 is 4.90 Å². The summed E-state index contributed by atoms with van der Waals surface area (Å²) in [6.07, 6.45) is 2.54. The number of likely N-dealkylation sites (tertiary alicyclic amines) is 1. The average Bonchev–Trinajstić information content (AvgIpc) is 3.46. The van der Waals surface area contributed by atoms with Gasteiger partial charge in [-0.05, 0) is 66.9 Å². The molecule has 2 aliphatic heterocycles. The van der Waals surface area contributed by atoms with Gasteiger partial charge >= 0.3 is 0 Å². The van der Waals surface area contributed by atoms with Gasteiger partial charge in [-0.25, -0.2) is 12.8 Å². The standard InChI is InChI=1S/C28H26FN3O2S/c29-23-7-4-8-25(15-23)35(33,34)26-14-22-13-24(9-10-27(22)30-16-26)32-18-21-11-12-31(28(21)19-32)17-20-5-2-1-3-6-20/h1-10,13-16,21,28H,11-12,17-19H2/t21-,28+/m0/s1. The van der Waals surface area contributed by atoms with Crippen molar-refractivity contribution >= 4 is 26.4 Å². The van der Waals surface area contributed by atoms with Gasteiger partial charge in [-0.2, -0.15) is 0 Å². The minimum Gasteiger partial charge on any atom is -0.370 e. The molecule has 2 fully saturated rings. The van der Waals surface area contributed by atoms with Gasteiger partial charge in [0.25, 0.3) is 0 Å². The van der Waals surface area contributed by atoms with Crippen molar-refractivity contribution in [3.63, 3.8) is 0 Å². The number of anilines is 1. The quantitative estimate of drug-likeness (QED) is 0.400. The lowest BCUT2D eigenvalue weighted by atomic mass is 10.0. The van der Waals surface area contributed by atoms with Gasteiger partial charge in [-0.15, -0.1) is 0 Å². The molecular formula is C28H26FN3O2S. The Morgan fingerprint density at radius 2 is 1.77 bits per heavy atom. The molecule has 0 amide bonds. The first kappa shape index (κ1) is 22.2. The Labute approximate surface area is 204 Å². The zero-order valence-corrected chi connectivity index (χ0v) is 20.0. The van der Waals surface area contributed by atoms with Crippen LogP contribution in [0.4, 0.5) is 10.1 Å². The highest BCUT2D eigenvalue weighted by Gasteiger charge is 2.41. The van der Waals surface area contributed by atoms with Gasteiger partial charge in [0.1, 0.15) is 5.82 Å². The van der Waals surface area contributed by atoms with E-state index in [1.165, 1.54) is 36.4 Å². The summed E-state index contributed by atoms with van der Waals surface area (Å²) in [5.74, 6) is 0.0511. The maximum absolute atomic E-state index is 13.6. The first-order chi connectivity index (χ1) is 17.0. The van der Waals surface area contributed by atoms with Crippen molar-refractivity contribution in [3.8, 4) is 0 Å². The minimum absolute atomic E-state index is 0.0688. The van der Waals surface area contributed by atoms with Crippen molar-refractivity contribution in [1.82, 2.24) is 9.88 Å². The molecule has 5 nitrogen and oxygen atoms in total. The topological polar surface area (TPSA) is 53.5 Å². The van der Waals surface area contributed by atoms with E-state index in [0.29, 0.717) is 12.0 Å². The van der Waals surface area contributed by atoms with E-state index < -0.39 is 15.7 Å². The molecular weight excluding hydrogens is 461 g/mol. The highest BCUT2D eigenvalue weighted by molar-refractivity contribution is 7.91. The highest BCUT2D eigenvalue weighted by atomic mass is 32.2. The first-order valence-corrected chi connectivity index (χ1v) is 13.4. The normalized spacial score (nSPS) is 20.4. The highest BCUT2D eigenvalue weighted by Crippen LogP contribution is 2.36. The summed E-state index contributed by atoms with van der Waals surface area (Å²) in [6, 6.07) is 23.9. The van der Waals surface area contributed by atoms with Crippen LogP contribution in [0.3, 0.4) is 0 Å². The molecule has 0 N–H and O–H groups in total. The van der Waals surface area contributed by atoms with Gasteiger partial charge in [0.2, 0.25) is 9.84 Å². The van der Waals surface area contributed by atoms with Crippen molar-refractivity contribution in [1.29, 1.82) is 0 Å². The number of pyridine rings is 1. The van der Waals surface area contributed by atoms with Crippen molar-refractivity contribution in [3.05, 3.63) is 96.4 Å². The predicted molar refractivity (Wildman–Crippen MR) is 135 cm³/mol. The van der Waals surface area contributed by atoms with Crippen LogP contribution in [0.5, 0.6) is 0 Å². The van der Waals surface area contributed by atoms with Crippen molar-refractivity contribution in [2.45, 2.75) is 28.8 Å². The minimum atomic E-state index is -3.86. The lowest BCUT2D eigenvalue weighted by Gasteiger charge is -2.25. The van der Waals surface area contributed by atoms with Crippen LogP contribution >= 0.6 is 0 Å². The SMILES string of the molecule is O=S(=O)(c1cccc(F)c1)c1cnc2ccc(N3C[C@@H]4CCN(Cc5ccccc5)[C@@H]4C3)cc2c1. The smallest absolute Gasteiger partial charge is 0.208 e. The fraction of sp³-hybridized carbons (Fsp3) is 0.250. The monoisotopic (exact) mass is 487 g/mol. The second kappa shape index (κ2) is 8.73. The van der Waals surface area contributed by atoms with Gasteiger partial charge in [-0.1, -0.05) is 36.4 Å². The van der Waals surface area contributed by atoms with E-state index in [-0.39, 0.29) is 9.79 Å². The molecule has 0 spiro atoms. The molecule has 7 heteroatoms. The Balaban J connectivity index is 1.25. The zero-order chi connectivity index (χ0) is 24.0. The number of halogens is 1. The molecule has 0 saturated carbocycles. The van der Waals surface area contributed by atoms with Crippen LogP contribution in [0, 0.1) is 11.7 Å². The summed E-state index contributed by atoms with van der Waals surface area (Å²) in [5.41, 5.74) is 3.15. The summed E-state index contributed by atoms with van der Waals surface area (Å²) in [5, 5.41) is 0.762. The molecule has 2 saturated heterocycles. The summed E-state index contributed by atoms with van der Waals surface area (Å²) in [4.78, 5) is 9.37. The Morgan fingerprint density at radius 3 is 2.60 bits per heavy atom. The zero-order valence-electron chi connectivity index (χ0n) is 19.2. The number of hydrogen-bond acceptors (Lipinski definition) is 5. The van der Waals surface area contributed by atoms with Crippen LogP contribution in [-0.4, -0.2) is 44.0 Å². The second-order valence-electron chi connectivity index (χ2n) is 9.49. The van der Waals surface area contributed by atoms with Crippen LogP contribution in [0.2, 0.25) is 0 Å². The summed E-state index contributed by atoms with van der Waals surface area (Å²) in [6.45, 7) is 4.05. The molecule has 0 unspecified atom stereocenters. The molecule has 6 rings (SSSR count). The summed E-state index contributed by atoms with van der Waals surface area (Å²) >= 11 is 0. The number of benzene rings is 3. The molecule has 0 radical (unpaired) electrons. The molecule has 35 heavy (non-hydrogen) atoms. The number of nitrogens with zero attached hydrogens (tertiary/aromatic N) is 3. The lowest BCUT2D eigenvalue weighted by molar-refractivity contribution is 0.246. The fourth-order valence-electron chi connectivity index (χ4n) is 5.49. The number of aromatic nitrogens is 1. The summed E-state index contributed by atoms with van der Waals surface area (Å²) < 4.78 is 39.8. The van der Waals surface area contributed by atoms with Crippen molar-refractivity contribution in [2.24, 2.45) is 5.92 Å². The third-order valence-electron chi connectivity index (χ3n) is 7.31. The van der Waals surface area contributed by atoms with E-state index in [4.69, 9.17) is 0 Å². The maximum Gasteiger partial charge on any atom is 0.208 e. The van der Waals surface area contributed by atoms with Crippen molar-refractivity contribution < 1.29 is 12.8 Å². The van der Waals surface area contributed by atoms with Gasteiger partial charge in [0.15, 0.2) is 0 Å². The largest absolute Gasteiger partial charge is 0.370 e. The van der Waals surface area contributed by atoms with E-state index in [9.17, 15) is 12.8 Å². The number of hydrogen-bond donors (Lipinski definition) is 0. The molecule has 0 bridgehead atoms. The fourth-order valence-corrected chi connectivity index (χ4v) is 6.76. The molecule has 2 atom stereocenters. The van der Waals surface area contributed by atoms with Crippen molar-refractivity contribution in [2.75, 3.05) is 24.5 Å². The molecule has 3 heterocycles. The van der Waals surface area contributed by atoms with E-state index in [1.54, 1.807) is 6.07 Å². The predicted octanol–water partition coefficient (Wildman–Crippen LogP) is 4.92. The molecule has 1 aromatic heterocycles. The number of fused-ring (bicyclic) bond motifs is 2. The maximum atomic E-state index is 13.6. The van der Waals surface area contributed by atoms with Crippen LogP contribution in [0.15, 0.2) is 94.9 Å². The Bertz CT molecular complexity index is 1490. The van der Waals surface area contributed by atoms with E-state index in [0.717, 1.165) is 48.8 Å². The van der Waals surface area contributed by atoms with E-state index in [2.05, 4.69) is 51.2 Å². The Kier molecular flexibility index (Phi) is 5.54. The first-order valence-electron chi connectivity index (χ1n) is 11.9. The van der Waals surface area contributed by atoms with E-state index >= 15 is 0 Å². The summed E-state index contributed by atoms with van der Waals surface area (Å²) in [7, 11) is -3.86. The van der Waals surface area contributed by atoms with Gasteiger partial charge in [0, 0.05) is 42.9 Å². The van der Waals surface area contributed by atoms with Gasteiger partial charge in [-0.3, -0.25) is 9.88 Å². The number of rotatable bonds is 5. The third-order valence-corrected chi connectivity index (χ3v) is 9.03. The lowest BCUT2D eigenvalue weighted by Crippen LogP contribution is -2.34. The molecule has 178 valence electrons. The van der Waals surface area contributed by atoms with Crippen LogP contribution in [0.25, 0.3) is 10.9 Å². The van der Waals surface area contributed by atoms with E-state index in [1.807, 2.05) is 12.1 Å². The van der Waals surface area contributed by atoms with Crippen LogP contribution < -0.4 is 4.90 Å². The van der Waals surface area contributed by atoms with Crippen LogP contribution in [-0.2, 0) is 16.4 Å². The second-order valence-corrected chi connectivity index (χ2v) is 11.4. The third kappa shape index (κ3) is 4.19. The average molecular weight is 488 g/mol. The molecule has 3 aromatic carbocycles. The Hall–Kier alpha value is -3.29. The Morgan fingerprint density at radius 1 is 0.914 bits per heavy atom.